The predicted molar refractivity (Wildman–Crippen MR) is 216 cm³/mol. The van der Waals surface area contributed by atoms with Crippen molar-refractivity contribution < 1.29 is 63.7 Å². The SMILES string of the molecule is C=CCC1/C=C(/C)CC(C)CC(OC)C2OC(O)(C(=O)C(=O)N3CCCCC3C(=O)OC(/C(C)=C/C3CCC(O)C(OC)C3)C(C)C(O)CC1=O)C(C)CC2OC.O. The summed E-state index contributed by atoms with van der Waals surface area (Å²) in [5, 5.41) is 34.1. The second kappa shape index (κ2) is 22.1. The number of hydrogen-bond acceptors (Lipinski definition) is 12. The van der Waals surface area contributed by atoms with Gasteiger partial charge in [0.1, 0.15) is 24.0 Å². The van der Waals surface area contributed by atoms with Gasteiger partial charge < -0.3 is 49.4 Å². The Morgan fingerprint density at radius 2 is 1.59 bits per heavy atom. The molecule has 0 radical (unpaired) electrons. The fourth-order valence-electron chi connectivity index (χ4n) is 9.42. The standard InChI is InChI=1S/C44H69NO12.H2O/c1-10-13-31-19-25(2)18-26(3)20-37(54-8)40-38(55-9)22-28(5)44(52,57-40)41(49)42(50)45-17-12-11-14-32(45)43(51)56-39(29(6)34(47)24-35(31)48)27(4)21-30-15-16-33(46)36(23-30)53-7;/h10,19,21,26,28-34,36-40,46-47,52H,1,11-18,20,22-24H2,2-9H3;1H2/b25-19-,27-21+;. The summed E-state index contributed by atoms with van der Waals surface area (Å²) >= 11 is 0. The Bertz CT molecular complexity index is 1480. The number of allylic oxidation sites excluding steroid dienone is 4. The van der Waals surface area contributed by atoms with Crippen LogP contribution in [0.5, 0.6) is 0 Å². The fraction of sp³-hybridized carbons (Fsp3) is 0.773. The molecule has 1 saturated carbocycles. The summed E-state index contributed by atoms with van der Waals surface area (Å²) < 4.78 is 29.7. The summed E-state index contributed by atoms with van der Waals surface area (Å²) in [7, 11) is 4.61. The van der Waals surface area contributed by atoms with Crippen LogP contribution in [0.1, 0.15) is 105 Å². The van der Waals surface area contributed by atoms with Crippen LogP contribution in [0, 0.1) is 29.6 Å². The molecule has 0 aromatic heterocycles. The minimum atomic E-state index is -2.51. The van der Waals surface area contributed by atoms with E-state index in [0.29, 0.717) is 56.9 Å². The average molecular weight is 822 g/mol. The van der Waals surface area contributed by atoms with E-state index in [1.807, 2.05) is 32.9 Å². The number of Topliss-reactive ketones (excluding diaryl/α,β-unsaturated/α-hetero) is 2. The first-order valence-corrected chi connectivity index (χ1v) is 20.9. The normalized spacial score (nSPS) is 40.3. The van der Waals surface area contributed by atoms with Crippen molar-refractivity contribution in [3.05, 3.63) is 36.0 Å². The van der Waals surface area contributed by atoms with E-state index in [-0.39, 0.29) is 55.0 Å². The Morgan fingerprint density at radius 3 is 2.22 bits per heavy atom. The van der Waals surface area contributed by atoms with Crippen molar-refractivity contribution in [2.45, 2.75) is 160 Å². The van der Waals surface area contributed by atoms with Crippen LogP contribution in [0.3, 0.4) is 0 Å². The number of carbonyl (C=O) groups is 4. The fourth-order valence-corrected chi connectivity index (χ4v) is 9.42. The van der Waals surface area contributed by atoms with Crippen LogP contribution < -0.4 is 0 Å². The van der Waals surface area contributed by atoms with Crippen molar-refractivity contribution in [3.8, 4) is 0 Å². The van der Waals surface area contributed by atoms with Crippen molar-refractivity contribution >= 4 is 23.4 Å². The molecule has 4 rings (SSSR count). The first-order valence-electron chi connectivity index (χ1n) is 20.9. The highest BCUT2D eigenvalue weighted by molar-refractivity contribution is 6.39. The number of aliphatic hydroxyl groups excluding tert-OH is 2. The molecule has 1 aliphatic carbocycles. The van der Waals surface area contributed by atoms with Crippen molar-refractivity contribution in [2.75, 3.05) is 27.9 Å². The molecule has 5 N–H and O–H groups in total. The number of fused-ring (bicyclic) bond motifs is 3. The maximum atomic E-state index is 14.3. The minimum absolute atomic E-state index is 0. The molecule has 2 bridgehead atoms. The Kier molecular flexibility index (Phi) is 18.9. The zero-order chi connectivity index (χ0) is 42.2. The van der Waals surface area contributed by atoms with Crippen molar-refractivity contribution in [3.63, 3.8) is 0 Å². The van der Waals surface area contributed by atoms with E-state index in [9.17, 15) is 34.5 Å². The number of ketones is 2. The largest absolute Gasteiger partial charge is 0.456 e. The monoisotopic (exact) mass is 821 g/mol. The number of ether oxygens (including phenoxy) is 5. The summed E-state index contributed by atoms with van der Waals surface area (Å²) in [4.78, 5) is 57.8. The highest BCUT2D eigenvalue weighted by Gasteiger charge is 2.56. The van der Waals surface area contributed by atoms with Gasteiger partial charge in [-0.1, -0.05) is 44.6 Å². The highest BCUT2D eigenvalue weighted by atomic mass is 16.7. The van der Waals surface area contributed by atoms with Gasteiger partial charge in [0.05, 0.1) is 30.5 Å². The van der Waals surface area contributed by atoms with Crippen LogP contribution in [0.2, 0.25) is 0 Å². The molecule has 3 heterocycles. The number of esters is 1. The van der Waals surface area contributed by atoms with E-state index >= 15 is 0 Å². The lowest BCUT2D eigenvalue weighted by molar-refractivity contribution is -0.302. The number of amides is 1. The van der Waals surface area contributed by atoms with E-state index in [1.54, 1.807) is 27.0 Å². The Balaban J connectivity index is 0.00000900. The highest BCUT2D eigenvalue weighted by Crippen LogP contribution is 2.39. The van der Waals surface area contributed by atoms with E-state index < -0.39 is 83.9 Å². The molecule has 14 atom stereocenters. The smallest absolute Gasteiger partial charge is 0.329 e. The Labute approximate surface area is 344 Å². The topological polar surface area (TPSA) is 210 Å². The van der Waals surface area contributed by atoms with Crippen LogP contribution >= 0.6 is 0 Å². The van der Waals surface area contributed by atoms with E-state index in [0.717, 1.165) is 5.57 Å². The molecule has 2 saturated heterocycles. The summed E-state index contributed by atoms with van der Waals surface area (Å²) in [6, 6.07) is -1.14. The van der Waals surface area contributed by atoms with Crippen molar-refractivity contribution in [1.29, 1.82) is 0 Å². The van der Waals surface area contributed by atoms with Gasteiger partial charge >= 0.3 is 5.97 Å². The minimum Gasteiger partial charge on any atom is -0.456 e. The first kappa shape index (κ1) is 49.5. The molecule has 0 spiro atoms. The molecular weight excluding hydrogens is 750 g/mol. The summed E-state index contributed by atoms with van der Waals surface area (Å²) in [5.41, 5.74) is 1.61. The molecule has 4 aliphatic rings. The first-order chi connectivity index (χ1) is 27.0. The van der Waals surface area contributed by atoms with Crippen molar-refractivity contribution in [2.24, 2.45) is 29.6 Å². The lowest BCUT2D eigenvalue weighted by Crippen LogP contribution is -2.64. The molecule has 14 heteroatoms. The Morgan fingerprint density at radius 1 is 0.931 bits per heavy atom. The number of rotatable bonds is 7. The average Bonchev–Trinajstić information content (AvgIpc) is 3.18. The maximum Gasteiger partial charge on any atom is 0.329 e. The number of cyclic esters (lactones) is 1. The summed E-state index contributed by atoms with van der Waals surface area (Å²) in [6.07, 6.45) is 4.93. The third kappa shape index (κ3) is 11.7. The molecule has 0 aromatic rings. The number of aliphatic hydroxyl groups is 3. The van der Waals surface area contributed by atoms with Gasteiger partial charge in [-0.3, -0.25) is 14.4 Å². The molecule has 14 nitrogen and oxygen atoms in total. The third-order valence-electron chi connectivity index (χ3n) is 12.9. The molecule has 58 heavy (non-hydrogen) atoms. The number of piperidine rings is 1. The van der Waals surface area contributed by atoms with Gasteiger partial charge in [0.15, 0.2) is 0 Å². The number of nitrogens with zero attached hydrogens (tertiary/aromatic N) is 1. The lowest BCUT2D eigenvalue weighted by atomic mass is 9.81. The number of hydrogen-bond donors (Lipinski definition) is 3. The van der Waals surface area contributed by atoms with Gasteiger partial charge in [0.25, 0.3) is 11.7 Å². The third-order valence-corrected chi connectivity index (χ3v) is 12.9. The quantitative estimate of drug-likeness (QED) is 0.190. The molecular formula is C44H71NO13. The van der Waals surface area contributed by atoms with E-state index in [2.05, 4.69) is 6.58 Å². The molecule has 3 aliphatic heterocycles. The molecule has 14 unspecified atom stereocenters. The van der Waals surface area contributed by atoms with Crippen LogP contribution in [-0.4, -0.2) is 132 Å². The maximum absolute atomic E-state index is 14.3. The van der Waals surface area contributed by atoms with Gasteiger partial charge in [0.2, 0.25) is 5.79 Å². The summed E-state index contributed by atoms with van der Waals surface area (Å²) in [6.45, 7) is 13.1. The second-order valence-electron chi connectivity index (χ2n) is 17.3. The second-order valence-corrected chi connectivity index (χ2v) is 17.3. The molecule has 1 amide bonds. The van der Waals surface area contributed by atoms with Crippen LogP contribution in [-0.2, 0) is 42.9 Å². The van der Waals surface area contributed by atoms with Gasteiger partial charge in [-0.05, 0) is 95.5 Å². The zero-order valence-corrected chi connectivity index (χ0v) is 35.9. The summed E-state index contributed by atoms with van der Waals surface area (Å²) in [5.74, 6) is -7.76. The van der Waals surface area contributed by atoms with Gasteiger partial charge in [0, 0.05) is 52.0 Å². The van der Waals surface area contributed by atoms with Gasteiger partial charge in [-0.15, -0.1) is 6.58 Å². The van der Waals surface area contributed by atoms with Crippen LogP contribution in [0.15, 0.2) is 36.0 Å². The molecule has 0 aromatic carbocycles. The van der Waals surface area contributed by atoms with E-state index in [1.165, 1.54) is 19.1 Å². The predicted octanol–water partition coefficient (Wildman–Crippen LogP) is 3.81. The van der Waals surface area contributed by atoms with Crippen LogP contribution in [0.4, 0.5) is 0 Å². The molecule has 330 valence electrons. The molecule has 3 fully saturated rings. The van der Waals surface area contributed by atoms with Gasteiger partial charge in [-0.25, -0.2) is 4.79 Å². The van der Waals surface area contributed by atoms with Crippen LogP contribution in [0.25, 0.3) is 0 Å². The zero-order valence-electron chi connectivity index (χ0n) is 35.9. The number of methoxy groups -OCH3 is 3. The lowest BCUT2D eigenvalue weighted by Gasteiger charge is -2.47. The number of carbonyl (C=O) groups excluding carboxylic acids is 4. The van der Waals surface area contributed by atoms with Gasteiger partial charge in [-0.2, -0.15) is 0 Å². The van der Waals surface area contributed by atoms with Crippen molar-refractivity contribution in [1.82, 2.24) is 4.90 Å². The Hall–Kier alpha value is -2.82. The van der Waals surface area contributed by atoms with E-state index in [4.69, 9.17) is 23.7 Å².